The van der Waals surface area contributed by atoms with Crippen molar-refractivity contribution in [3.8, 4) is 0 Å². The van der Waals surface area contributed by atoms with Crippen LogP contribution in [-0.4, -0.2) is 31.2 Å². The monoisotopic (exact) mass is 376 g/mol. The molecule has 2 aromatic rings. The van der Waals surface area contributed by atoms with E-state index in [0.29, 0.717) is 0 Å². The summed E-state index contributed by atoms with van der Waals surface area (Å²) in [7, 11) is -3.60. The molecule has 2 rings (SSSR count). The first kappa shape index (κ1) is 19.5. The molecule has 0 radical (unpaired) electrons. The SMILES string of the molecule is CCS(=O)(=O)Nc1cc(C(=O)O)cc(C(=O)NC(C)c2ccccc2)c1. The molecule has 3 N–H and O–H groups in total. The van der Waals surface area contributed by atoms with E-state index in [1.165, 1.54) is 25.1 Å². The van der Waals surface area contributed by atoms with Gasteiger partial charge < -0.3 is 10.4 Å². The van der Waals surface area contributed by atoms with Crippen molar-refractivity contribution >= 4 is 27.6 Å². The molecule has 8 heteroatoms. The predicted molar refractivity (Wildman–Crippen MR) is 98.8 cm³/mol. The summed E-state index contributed by atoms with van der Waals surface area (Å²) in [5.41, 5.74) is 0.798. The van der Waals surface area contributed by atoms with E-state index in [0.717, 1.165) is 5.56 Å². The first-order valence-corrected chi connectivity index (χ1v) is 9.61. The quantitative estimate of drug-likeness (QED) is 0.688. The lowest BCUT2D eigenvalue weighted by Crippen LogP contribution is -2.27. The summed E-state index contributed by atoms with van der Waals surface area (Å²) in [4.78, 5) is 23.8. The zero-order valence-corrected chi connectivity index (χ0v) is 15.2. The standard InChI is InChI=1S/C18H20N2O5S/c1-3-26(24,25)20-16-10-14(9-15(11-16)18(22)23)17(21)19-12(2)13-7-5-4-6-8-13/h4-12,20H,3H2,1-2H3,(H,19,21)(H,22,23). The fourth-order valence-electron chi connectivity index (χ4n) is 2.30. The Morgan fingerprint density at radius 1 is 1.08 bits per heavy atom. The Morgan fingerprint density at radius 2 is 1.69 bits per heavy atom. The van der Waals surface area contributed by atoms with Crippen LogP contribution in [0.3, 0.4) is 0 Å². The highest BCUT2D eigenvalue weighted by molar-refractivity contribution is 7.92. The minimum Gasteiger partial charge on any atom is -0.478 e. The van der Waals surface area contributed by atoms with Gasteiger partial charge >= 0.3 is 5.97 Å². The molecule has 138 valence electrons. The number of hydrogen-bond acceptors (Lipinski definition) is 4. The molecule has 0 aliphatic rings. The Hall–Kier alpha value is -2.87. The summed E-state index contributed by atoms with van der Waals surface area (Å²) < 4.78 is 25.7. The van der Waals surface area contributed by atoms with Gasteiger partial charge in [-0.05, 0) is 37.6 Å². The molecule has 0 spiro atoms. The second kappa shape index (κ2) is 8.01. The highest BCUT2D eigenvalue weighted by Crippen LogP contribution is 2.19. The average molecular weight is 376 g/mol. The van der Waals surface area contributed by atoms with Crippen molar-refractivity contribution in [2.24, 2.45) is 0 Å². The molecule has 7 nitrogen and oxygen atoms in total. The smallest absolute Gasteiger partial charge is 0.335 e. The van der Waals surface area contributed by atoms with Crippen molar-refractivity contribution in [3.05, 3.63) is 65.2 Å². The third kappa shape index (κ3) is 5.06. The van der Waals surface area contributed by atoms with Crippen LogP contribution in [0.4, 0.5) is 5.69 Å². The van der Waals surface area contributed by atoms with Gasteiger partial charge in [-0.2, -0.15) is 0 Å². The molecule has 1 amide bonds. The highest BCUT2D eigenvalue weighted by Gasteiger charge is 2.17. The van der Waals surface area contributed by atoms with Gasteiger partial charge in [-0.3, -0.25) is 9.52 Å². The van der Waals surface area contributed by atoms with Crippen LogP contribution in [-0.2, 0) is 10.0 Å². The number of hydrogen-bond donors (Lipinski definition) is 3. The van der Waals surface area contributed by atoms with Crippen LogP contribution in [0.15, 0.2) is 48.5 Å². The topological polar surface area (TPSA) is 113 Å². The normalized spacial score (nSPS) is 12.2. The van der Waals surface area contributed by atoms with E-state index in [4.69, 9.17) is 0 Å². The maximum Gasteiger partial charge on any atom is 0.335 e. The van der Waals surface area contributed by atoms with Crippen molar-refractivity contribution < 1.29 is 23.1 Å². The van der Waals surface area contributed by atoms with Gasteiger partial charge in [0.25, 0.3) is 5.91 Å². The number of nitrogens with one attached hydrogen (secondary N) is 2. The molecule has 0 bridgehead atoms. The van der Waals surface area contributed by atoms with Crippen LogP contribution in [0, 0.1) is 0 Å². The molecule has 1 atom stereocenters. The number of rotatable bonds is 7. The van der Waals surface area contributed by atoms with Crippen LogP contribution in [0.25, 0.3) is 0 Å². The molecule has 0 heterocycles. The summed E-state index contributed by atoms with van der Waals surface area (Å²) in [6.45, 7) is 3.26. The number of carbonyl (C=O) groups excluding carboxylic acids is 1. The third-order valence-electron chi connectivity index (χ3n) is 3.74. The first-order chi connectivity index (χ1) is 12.2. The Balaban J connectivity index is 2.30. The van der Waals surface area contributed by atoms with Gasteiger partial charge in [0, 0.05) is 5.56 Å². The maximum atomic E-state index is 12.5. The number of sulfonamides is 1. The number of carbonyl (C=O) groups is 2. The van der Waals surface area contributed by atoms with E-state index in [2.05, 4.69) is 10.0 Å². The van der Waals surface area contributed by atoms with E-state index in [1.54, 1.807) is 6.92 Å². The number of aromatic carboxylic acids is 1. The van der Waals surface area contributed by atoms with Crippen LogP contribution in [0.1, 0.15) is 46.2 Å². The van der Waals surface area contributed by atoms with Gasteiger partial charge in [0.15, 0.2) is 0 Å². The zero-order chi connectivity index (χ0) is 19.3. The largest absolute Gasteiger partial charge is 0.478 e. The molecule has 0 aliphatic heterocycles. The summed E-state index contributed by atoms with van der Waals surface area (Å²) in [6, 6.07) is 12.7. The van der Waals surface area contributed by atoms with E-state index in [9.17, 15) is 23.1 Å². The number of anilines is 1. The van der Waals surface area contributed by atoms with Crippen molar-refractivity contribution in [1.29, 1.82) is 0 Å². The van der Waals surface area contributed by atoms with Crippen molar-refractivity contribution in [3.63, 3.8) is 0 Å². The van der Waals surface area contributed by atoms with Gasteiger partial charge in [0.2, 0.25) is 10.0 Å². The Kier molecular flexibility index (Phi) is 5.99. The number of carboxylic acids is 1. The molecular formula is C18H20N2O5S. The third-order valence-corrected chi connectivity index (χ3v) is 5.05. The molecule has 0 saturated carbocycles. The first-order valence-electron chi connectivity index (χ1n) is 7.96. The second-order valence-corrected chi connectivity index (χ2v) is 7.73. The van der Waals surface area contributed by atoms with Gasteiger partial charge in [0.05, 0.1) is 23.0 Å². The van der Waals surface area contributed by atoms with Crippen LogP contribution < -0.4 is 10.0 Å². The molecular weight excluding hydrogens is 356 g/mol. The van der Waals surface area contributed by atoms with Gasteiger partial charge in [-0.15, -0.1) is 0 Å². The van der Waals surface area contributed by atoms with Crippen molar-refractivity contribution in [1.82, 2.24) is 5.32 Å². The summed E-state index contributed by atoms with van der Waals surface area (Å²) in [5, 5.41) is 12.0. The second-order valence-electron chi connectivity index (χ2n) is 5.72. The van der Waals surface area contributed by atoms with E-state index in [1.807, 2.05) is 30.3 Å². The lowest BCUT2D eigenvalue weighted by atomic mass is 10.1. The number of amides is 1. The van der Waals surface area contributed by atoms with Crippen LogP contribution in [0.5, 0.6) is 0 Å². The number of carboxylic acid groups (broad SMARTS) is 1. The Bertz CT molecular complexity index is 910. The highest BCUT2D eigenvalue weighted by atomic mass is 32.2. The summed E-state index contributed by atoms with van der Waals surface area (Å²) in [5.74, 6) is -1.93. The van der Waals surface area contributed by atoms with Gasteiger partial charge in [-0.25, -0.2) is 13.2 Å². The fourth-order valence-corrected chi connectivity index (χ4v) is 2.92. The van der Waals surface area contributed by atoms with E-state index >= 15 is 0 Å². The lowest BCUT2D eigenvalue weighted by molar-refractivity contribution is 0.0697. The average Bonchev–Trinajstić information content (AvgIpc) is 2.61. The fraction of sp³-hybridized carbons (Fsp3) is 0.222. The lowest BCUT2D eigenvalue weighted by Gasteiger charge is -2.15. The minimum absolute atomic E-state index is 0.0317. The summed E-state index contributed by atoms with van der Waals surface area (Å²) in [6.07, 6.45) is 0. The van der Waals surface area contributed by atoms with Crippen LogP contribution >= 0.6 is 0 Å². The minimum atomic E-state index is -3.60. The molecule has 2 aromatic carbocycles. The Morgan fingerprint density at radius 3 is 2.27 bits per heavy atom. The van der Waals surface area contributed by atoms with Gasteiger partial charge in [-0.1, -0.05) is 30.3 Å². The van der Waals surface area contributed by atoms with Crippen LogP contribution in [0.2, 0.25) is 0 Å². The molecule has 1 unspecified atom stereocenters. The maximum absolute atomic E-state index is 12.5. The zero-order valence-electron chi connectivity index (χ0n) is 14.4. The Labute approximate surface area is 152 Å². The number of benzene rings is 2. The van der Waals surface area contributed by atoms with E-state index in [-0.39, 0.29) is 28.6 Å². The van der Waals surface area contributed by atoms with E-state index < -0.39 is 21.9 Å². The molecule has 0 aliphatic carbocycles. The molecule has 0 fully saturated rings. The molecule has 0 aromatic heterocycles. The molecule has 0 saturated heterocycles. The van der Waals surface area contributed by atoms with Gasteiger partial charge in [0.1, 0.15) is 0 Å². The summed E-state index contributed by atoms with van der Waals surface area (Å²) >= 11 is 0. The van der Waals surface area contributed by atoms with Crippen molar-refractivity contribution in [2.75, 3.05) is 10.5 Å². The predicted octanol–water partition coefficient (Wildman–Crippen LogP) is 2.64. The van der Waals surface area contributed by atoms with Crippen molar-refractivity contribution in [2.45, 2.75) is 19.9 Å². The molecule has 26 heavy (non-hydrogen) atoms.